The van der Waals surface area contributed by atoms with E-state index >= 15 is 0 Å². The zero-order chi connectivity index (χ0) is 17.4. The number of nitrogens with one attached hydrogen (secondary N) is 2. The van der Waals surface area contributed by atoms with Crippen LogP contribution in [-0.4, -0.2) is 49.1 Å². The average molecular weight is 330 g/mol. The van der Waals surface area contributed by atoms with Gasteiger partial charge in [-0.15, -0.1) is 0 Å². The van der Waals surface area contributed by atoms with E-state index in [9.17, 15) is 9.59 Å². The number of amides is 2. The first-order valence-electron chi connectivity index (χ1n) is 7.19. The van der Waals surface area contributed by atoms with Crippen LogP contribution in [0.1, 0.15) is 20.8 Å². The van der Waals surface area contributed by atoms with Gasteiger partial charge in [-0.1, -0.05) is 0 Å². The quantitative estimate of drug-likeness (QED) is 0.723. The molecule has 0 atom stereocenters. The number of hydrogen-bond acceptors (Lipinski definition) is 6. The van der Waals surface area contributed by atoms with Crippen molar-refractivity contribution in [1.82, 2.24) is 20.6 Å². The fourth-order valence-electron chi connectivity index (χ4n) is 1.90. The highest BCUT2D eigenvalue weighted by atomic mass is 16.5. The summed E-state index contributed by atoms with van der Waals surface area (Å²) >= 11 is 0. The number of ether oxygens (including phenoxy) is 2. The van der Waals surface area contributed by atoms with Crippen LogP contribution in [-0.2, 0) is 0 Å². The molecule has 0 aliphatic heterocycles. The first-order valence-corrected chi connectivity index (χ1v) is 7.19. The minimum absolute atomic E-state index is 0.223. The van der Waals surface area contributed by atoms with Gasteiger partial charge in [0.1, 0.15) is 17.2 Å². The lowest BCUT2D eigenvalue weighted by Gasteiger charge is -2.09. The van der Waals surface area contributed by atoms with Gasteiger partial charge >= 0.3 is 0 Å². The maximum absolute atomic E-state index is 12.1. The smallest absolute Gasteiger partial charge is 0.271 e. The topological polar surface area (TPSA) is 102 Å². The number of hydrogen-bond donors (Lipinski definition) is 2. The molecule has 1 heterocycles. The maximum Gasteiger partial charge on any atom is 0.271 e. The number of carbonyl (C=O) groups excluding carboxylic acids is 2. The second-order valence-electron chi connectivity index (χ2n) is 4.70. The van der Waals surface area contributed by atoms with E-state index in [1.807, 2.05) is 0 Å². The van der Waals surface area contributed by atoms with Gasteiger partial charge in [0.25, 0.3) is 11.8 Å². The van der Waals surface area contributed by atoms with Crippen molar-refractivity contribution < 1.29 is 19.1 Å². The van der Waals surface area contributed by atoms with Crippen LogP contribution in [0.25, 0.3) is 0 Å². The van der Waals surface area contributed by atoms with Gasteiger partial charge in [0, 0.05) is 37.1 Å². The Hall–Kier alpha value is -3.16. The van der Waals surface area contributed by atoms with E-state index in [2.05, 4.69) is 20.6 Å². The van der Waals surface area contributed by atoms with Crippen molar-refractivity contribution in [2.24, 2.45) is 0 Å². The summed E-state index contributed by atoms with van der Waals surface area (Å²) in [4.78, 5) is 31.6. The molecule has 1 aromatic carbocycles. The molecule has 0 saturated heterocycles. The maximum atomic E-state index is 12.1. The van der Waals surface area contributed by atoms with Crippen LogP contribution in [0.5, 0.6) is 11.5 Å². The molecule has 2 amide bonds. The molecule has 0 bridgehead atoms. The van der Waals surface area contributed by atoms with Crippen LogP contribution in [0, 0.1) is 0 Å². The predicted octanol–water partition coefficient (Wildman–Crippen LogP) is 0.654. The number of aromatic nitrogens is 2. The summed E-state index contributed by atoms with van der Waals surface area (Å²) in [5.74, 6) is 0.409. The summed E-state index contributed by atoms with van der Waals surface area (Å²) in [6, 6.07) is 4.89. The molecule has 0 radical (unpaired) electrons. The van der Waals surface area contributed by atoms with E-state index in [1.165, 1.54) is 32.8 Å². The van der Waals surface area contributed by atoms with Gasteiger partial charge in [0.15, 0.2) is 0 Å². The van der Waals surface area contributed by atoms with Crippen molar-refractivity contribution >= 4 is 11.8 Å². The summed E-state index contributed by atoms with van der Waals surface area (Å²) in [6.45, 7) is 0.534. The van der Waals surface area contributed by atoms with Crippen LogP contribution in [0.3, 0.4) is 0 Å². The Kier molecular flexibility index (Phi) is 6.07. The minimum atomic E-state index is -0.347. The molecular formula is C16H18N4O4. The molecule has 8 nitrogen and oxygen atoms in total. The largest absolute Gasteiger partial charge is 0.497 e. The Bertz CT molecular complexity index is 684. The molecule has 0 fully saturated rings. The highest BCUT2D eigenvalue weighted by molar-refractivity contribution is 5.95. The zero-order valence-electron chi connectivity index (χ0n) is 13.4. The summed E-state index contributed by atoms with van der Waals surface area (Å²) in [5.41, 5.74) is 0.632. The third-order valence-corrected chi connectivity index (χ3v) is 3.11. The minimum Gasteiger partial charge on any atom is -0.497 e. The van der Waals surface area contributed by atoms with Crippen molar-refractivity contribution in [2.45, 2.75) is 0 Å². The van der Waals surface area contributed by atoms with E-state index in [0.29, 0.717) is 17.1 Å². The fraction of sp³-hybridized carbons (Fsp3) is 0.250. The lowest BCUT2D eigenvalue weighted by atomic mass is 10.2. The molecule has 1 aromatic heterocycles. The number of methoxy groups -OCH3 is 2. The average Bonchev–Trinajstić information content (AvgIpc) is 2.64. The lowest BCUT2D eigenvalue weighted by molar-refractivity contribution is 0.0924. The molecule has 0 unspecified atom stereocenters. The molecule has 0 saturated carbocycles. The standard InChI is InChI=1S/C16H18N4O4/c1-23-12-7-11(8-13(9-12)24-2)15(21)19-5-6-20-16(22)14-10-17-3-4-18-14/h3-4,7-10H,5-6H2,1-2H3,(H,19,21)(H,20,22). The number of carbonyl (C=O) groups is 2. The fourth-order valence-corrected chi connectivity index (χ4v) is 1.90. The number of nitrogens with zero attached hydrogens (tertiary/aromatic N) is 2. The van der Waals surface area contributed by atoms with Gasteiger partial charge in [-0.25, -0.2) is 4.98 Å². The van der Waals surface area contributed by atoms with Gasteiger partial charge in [-0.2, -0.15) is 0 Å². The third-order valence-electron chi connectivity index (χ3n) is 3.11. The molecule has 24 heavy (non-hydrogen) atoms. The van der Waals surface area contributed by atoms with Gasteiger partial charge in [0.2, 0.25) is 0 Å². The SMILES string of the molecule is COc1cc(OC)cc(C(=O)NCCNC(=O)c2cnccn2)c1. The van der Waals surface area contributed by atoms with Gasteiger partial charge < -0.3 is 20.1 Å². The Morgan fingerprint density at radius 3 is 2.12 bits per heavy atom. The van der Waals surface area contributed by atoms with Crippen LogP contribution in [0.15, 0.2) is 36.8 Å². The third kappa shape index (κ3) is 4.67. The van der Waals surface area contributed by atoms with Crippen molar-refractivity contribution in [3.05, 3.63) is 48.0 Å². The summed E-state index contributed by atoms with van der Waals surface area (Å²) in [6.07, 6.45) is 4.29. The normalized spacial score (nSPS) is 9.92. The van der Waals surface area contributed by atoms with Gasteiger partial charge in [-0.3, -0.25) is 14.6 Å². The molecule has 2 aromatic rings. The highest BCUT2D eigenvalue weighted by Gasteiger charge is 2.10. The first kappa shape index (κ1) is 17.2. The summed E-state index contributed by atoms with van der Waals surface area (Å²) in [5, 5.41) is 5.35. The Morgan fingerprint density at radius 1 is 0.958 bits per heavy atom. The Balaban J connectivity index is 1.84. The highest BCUT2D eigenvalue weighted by Crippen LogP contribution is 2.22. The van der Waals surface area contributed by atoms with E-state index < -0.39 is 0 Å². The van der Waals surface area contributed by atoms with Gasteiger partial charge in [-0.05, 0) is 12.1 Å². The molecule has 0 aliphatic carbocycles. The first-order chi connectivity index (χ1) is 11.6. The molecular weight excluding hydrogens is 312 g/mol. The Morgan fingerprint density at radius 2 is 1.58 bits per heavy atom. The predicted molar refractivity (Wildman–Crippen MR) is 86.2 cm³/mol. The van der Waals surface area contributed by atoms with E-state index in [-0.39, 0.29) is 30.6 Å². The van der Waals surface area contributed by atoms with Crippen LogP contribution >= 0.6 is 0 Å². The van der Waals surface area contributed by atoms with Crippen LogP contribution in [0.4, 0.5) is 0 Å². The van der Waals surface area contributed by atoms with E-state index in [0.717, 1.165) is 0 Å². The molecule has 2 rings (SSSR count). The van der Waals surface area contributed by atoms with Crippen LogP contribution in [0.2, 0.25) is 0 Å². The summed E-state index contributed by atoms with van der Waals surface area (Å²) in [7, 11) is 3.02. The molecule has 8 heteroatoms. The van der Waals surface area contributed by atoms with Crippen molar-refractivity contribution in [3.63, 3.8) is 0 Å². The van der Waals surface area contributed by atoms with Gasteiger partial charge in [0.05, 0.1) is 20.4 Å². The van der Waals surface area contributed by atoms with Crippen LogP contribution < -0.4 is 20.1 Å². The zero-order valence-corrected chi connectivity index (χ0v) is 13.4. The van der Waals surface area contributed by atoms with Crippen molar-refractivity contribution in [1.29, 1.82) is 0 Å². The second kappa shape index (κ2) is 8.47. The number of benzene rings is 1. The molecule has 2 N–H and O–H groups in total. The number of rotatable bonds is 7. The van der Waals surface area contributed by atoms with Crippen molar-refractivity contribution in [2.75, 3.05) is 27.3 Å². The van der Waals surface area contributed by atoms with E-state index in [4.69, 9.17) is 9.47 Å². The molecule has 0 spiro atoms. The van der Waals surface area contributed by atoms with E-state index in [1.54, 1.807) is 18.2 Å². The second-order valence-corrected chi connectivity index (χ2v) is 4.70. The molecule has 0 aliphatic rings. The monoisotopic (exact) mass is 330 g/mol. The summed E-state index contributed by atoms with van der Waals surface area (Å²) < 4.78 is 10.2. The van der Waals surface area contributed by atoms with Crippen molar-refractivity contribution in [3.8, 4) is 11.5 Å². The Labute approximate surface area is 139 Å². The lowest BCUT2D eigenvalue weighted by Crippen LogP contribution is -2.35. The molecule has 126 valence electrons.